The van der Waals surface area contributed by atoms with Gasteiger partial charge < -0.3 is 24.1 Å². The standard InChI is InChI=1S/C23H40O.C15H22O3.C15H22O2.2C2H6/c1-22-14-5-4-7-17(22)9-11-19-20-12-10-18(8-6-16-24-3)23(20,2)15-13-21(19)22;1-11-6-7-12(2)13(10-11)18-9-5-8-15(3,4)14(16)17;1-12-6-7-13(2)14(10-12)17-9-5-8-15(3,4)11-16;2*1-2/h17-21H,4-16H2,1-3H3;6-7,10H,5,8-9H2,1-4H3,(H,16,17);6-7,10-11H,5,8-9H2,1-4H3;2*1-2H3. The number of benzene rings is 2. The molecule has 6 rings (SSSR count). The van der Waals surface area contributed by atoms with Crippen molar-refractivity contribution >= 4 is 12.3 Å². The minimum atomic E-state index is -0.755. The summed E-state index contributed by atoms with van der Waals surface area (Å²) in [5, 5.41) is 9.00. The van der Waals surface area contributed by atoms with Crippen LogP contribution in [0.5, 0.6) is 11.5 Å². The van der Waals surface area contributed by atoms with E-state index in [0.717, 1.165) is 84.4 Å². The molecular weight excluding hydrogens is 781 g/mol. The lowest BCUT2D eigenvalue weighted by Gasteiger charge is -2.60. The summed E-state index contributed by atoms with van der Waals surface area (Å²) in [7, 11) is 1.85. The highest BCUT2D eigenvalue weighted by molar-refractivity contribution is 5.73. The largest absolute Gasteiger partial charge is 0.493 e. The molecule has 63 heavy (non-hydrogen) atoms. The Labute approximate surface area is 387 Å². The monoisotopic (exact) mass is 877 g/mol. The molecule has 0 aromatic heterocycles. The van der Waals surface area contributed by atoms with Gasteiger partial charge in [0.25, 0.3) is 0 Å². The fourth-order valence-electron chi connectivity index (χ4n) is 11.6. The topological polar surface area (TPSA) is 82.1 Å². The van der Waals surface area contributed by atoms with E-state index in [9.17, 15) is 9.59 Å². The third-order valence-electron chi connectivity index (χ3n) is 15.7. The van der Waals surface area contributed by atoms with Gasteiger partial charge in [0.15, 0.2) is 0 Å². The van der Waals surface area contributed by atoms with Gasteiger partial charge in [0.1, 0.15) is 17.8 Å². The van der Waals surface area contributed by atoms with E-state index >= 15 is 0 Å². The number of rotatable bonds is 16. The van der Waals surface area contributed by atoms with Crippen LogP contribution in [0.3, 0.4) is 0 Å². The third kappa shape index (κ3) is 16.2. The number of carboxylic acid groups (broad SMARTS) is 1. The first-order valence-electron chi connectivity index (χ1n) is 25.5. The Kier molecular flexibility index (Phi) is 24.1. The molecule has 0 saturated heterocycles. The molecular formula is C57H96O6. The average Bonchev–Trinajstić information content (AvgIpc) is 3.61. The number of carbonyl (C=O) groups excluding carboxylic acids is 1. The van der Waals surface area contributed by atoms with Gasteiger partial charge in [-0.05, 0) is 206 Å². The van der Waals surface area contributed by atoms with Crippen LogP contribution in [0.15, 0.2) is 36.4 Å². The summed E-state index contributed by atoms with van der Waals surface area (Å²) < 4.78 is 16.8. The number of methoxy groups -OCH3 is 1. The Hall–Kier alpha value is -2.86. The van der Waals surface area contributed by atoms with E-state index in [1.807, 2.05) is 81.6 Å². The number of aliphatic carboxylic acids is 1. The van der Waals surface area contributed by atoms with Crippen LogP contribution in [0, 0.1) is 78.9 Å². The van der Waals surface area contributed by atoms with E-state index in [4.69, 9.17) is 19.3 Å². The molecule has 0 amide bonds. The van der Waals surface area contributed by atoms with E-state index in [0.29, 0.717) is 30.5 Å². The Balaban J connectivity index is 0.000000319. The third-order valence-corrected chi connectivity index (χ3v) is 15.7. The van der Waals surface area contributed by atoms with Crippen LogP contribution in [0.25, 0.3) is 0 Å². The number of carbonyl (C=O) groups is 2. The van der Waals surface area contributed by atoms with Crippen molar-refractivity contribution in [3.05, 3.63) is 58.7 Å². The van der Waals surface area contributed by atoms with Crippen LogP contribution in [0.2, 0.25) is 0 Å². The van der Waals surface area contributed by atoms with Crippen LogP contribution in [-0.2, 0) is 14.3 Å². The second-order valence-corrected chi connectivity index (χ2v) is 21.1. The number of hydrogen-bond acceptors (Lipinski definition) is 5. The Morgan fingerprint density at radius 2 is 1.25 bits per heavy atom. The summed E-state index contributed by atoms with van der Waals surface area (Å²) >= 11 is 0. The van der Waals surface area contributed by atoms with Crippen LogP contribution >= 0.6 is 0 Å². The van der Waals surface area contributed by atoms with Crippen molar-refractivity contribution in [1.82, 2.24) is 0 Å². The molecule has 6 nitrogen and oxygen atoms in total. The van der Waals surface area contributed by atoms with Gasteiger partial charge in [-0.2, -0.15) is 0 Å². The molecule has 6 heteroatoms. The minimum absolute atomic E-state index is 0.231. The van der Waals surface area contributed by atoms with Gasteiger partial charge in [0.05, 0.1) is 18.6 Å². The van der Waals surface area contributed by atoms with Gasteiger partial charge in [0, 0.05) is 19.1 Å². The number of fused-ring (bicyclic) bond motifs is 5. The first-order chi connectivity index (χ1) is 29.9. The van der Waals surface area contributed by atoms with E-state index < -0.39 is 11.4 Å². The molecule has 0 radical (unpaired) electrons. The predicted octanol–water partition coefficient (Wildman–Crippen LogP) is 15.8. The number of hydrogen-bond donors (Lipinski definition) is 1. The van der Waals surface area contributed by atoms with E-state index in [2.05, 4.69) is 45.0 Å². The zero-order valence-corrected chi connectivity index (χ0v) is 43.4. The highest BCUT2D eigenvalue weighted by atomic mass is 16.5. The van der Waals surface area contributed by atoms with Crippen molar-refractivity contribution in [2.75, 3.05) is 26.9 Å². The van der Waals surface area contributed by atoms with Crippen LogP contribution in [0.4, 0.5) is 0 Å². The molecule has 7 atom stereocenters. The highest BCUT2D eigenvalue weighted by Gasteiger charge is 2.59. The van der Waals surface area contributed by atoms with E-state index in [1.54, 1.807) is 46.0 Å². The van der Waals surface area contributed by atoms with Crippen molar-refractivity contribution in [3.8, 4) is 11.5 Å². The molecule has 0 heterocycles. The summed E-state index contributed by atoms with van der Waals surface area (Å²) in [6.07, 6.45) is 22.2. The molecule has 2 aromatic rings. The Bertz CT molecular complexity index is 1630. The summed E-state index contributed by atoms with van der Waals surface area (Å²) in [4.78, 5) is 21.7. The first kappa shape index (κ1) is 56.3. The number of ether oxygens (including phenoxy) is 3. The average molecular weight is 877 g/mol. The molecule has 4 fully saturated rings. The van der Waals surface area contributed by atoms with Gasteiger partial charge in [0.2, 0.25) is 0 Å². The number of aryl methyl sites for hydroxylation is 4. The summed E-state index contributed by atoms with van der Waals surface area (Å²) in [5.41, 5.74) is 5.10. The SMILES string of the molecule is CC.CC.COCCCC1CCC2C3CCC4CCCCC4(C)C3CCC12C.Cc1ccc(C)c(OCCCC(C)(C)C(=O)O)c1.Cc1ccc(C)c(OCCCC(C)(C)C=O)c1. The van der Waals surface area contributed by atoms with Crippen molar-refractivity contribution in [2.45, 2.75) is 200 Å². The molecule has 4 saturated carbocycles. The van der Waals surface area contributed by atoms with Crippen LogP contribution < -0.4 is 9.47 Å². The van der Waals surface area contributed by atoms with Crippen molar-refractivity contribution in [1.29, 1.82) is 0 Å². The van der Waals surface area contributed by atoms with Crippen molar-refractivity contribution in [3.63, 3.8) is 0 Å². The molecule has 360 valence electrons. The van der Waals surface area contributed by atoms with E-state index in [1.165, 1.54) is 56.1 Å². The second kappa shape index (κ2) is 26.9. The maximum absolute atomic E-state index is 10.9. The van der Waals surface area contributed by atoms with E-state index in [-0.39, 0.29) is 5.41 Å². The maximum Gasteiger partial charge on any atom is 0.309 e. The van der Waals surface area contributed by atoms with Gasteiger partial charge >= 0.3 is 5.97 Å². The van der Waals surface area contributed by atoms with Crippen molar-refractivity contribution < 1.29 is 28.9 Å². The summed E-state index contributed by atoms with van der Waals surface area (Å²) in [6.45, 7) is 31.1. The molecule has 0 spiro atoms. The maximum atomic E-state index is 10.9. The Morgan fingerprint density at radius 3 is 1.79 bits per heavy atom. The lowest BCUT2D eigenvalue weighted by atomic mass is 9.45. The normalized spacial score (nSPS) is 25.9. The van der Waals surface area contributed by atoms with Crippen LogP contribution in [-0.4, -0.2) is 44.3 Å². The van der Waals surface area contributed by atoms with Gasteiger partial charge in [-0.25, -0.2) is 0 Å². The second-order valence-electron chi connectivity index (χ2n) is 21.1. The van der Waals surface area contributed by atoms with Crippen molar-refractivity contribution in [2.24, 2.45) is 51.2 Å². The van der Waals surface area contributed by atoms with Gasteiger partial charge in [-0.3, -0.25) is 4.79 Å². The molecule has 1 N–H and O–H groups in total. The summed E-state index contributed by atoms with van der Waals surface area (Å²) in [5.74, 6) is 6.31. The minimum Gasteiger partial charge on any atom is -0.493 e. The quantitative estimate of drug-likeness (QED) is 0.134. The first-order valence-corrected chi connectivity index (χ1v) is 25.5. The van der Waals surface area contributed by atoms with Gasteiger partial charge in [-0.1, -0.05) is 92.5 Å². The molecule has 0 aliphatic heterocycles. The van der Waals surface area contributed by atoms with Gasteiger partial charge in [-0.15, -0.1) is 0 Å². The lowest BCUT2D eigenvalue weighted by Crippen LogP contribution is -2.52. The fraction of sp³-hybridized carbons (Fsp3) is 0.754. The summed E-state index contributed by atoms with van der Waals surface area (Å²) in [6, 6.07) is 12.3. The molecule has 7 unspecified atom stereocenters. The van der Waals surface area contributed by atoms with Crippen LogP contribution in [0.1, 0.15) is 194 Å². The molecule has 4 aliphatic rings. The number of aldehydes is 1. The zero-order valence-electron chi connectivity index (χ0n) is 43.4. The molecule has 4 aliphatic carbocycles. The fourth-order valence-corrected chi connectivity index (χ4v) is 11.6. The highest BCUT2D eigenvalue weighted by Crippen LogP contribution is 2.67. The zero-order chi connectivity index (χ0) is 47.4. The molecule has 0 bridgehead atoms. The lowest BCUT2D eigenvalue weighted by molar-refractivity contribution is -0.147. The Morgan fingerprint density at radius 1 is 0.698 bits per heavy atom. The number of carboxylic acids is 1. The predicted molar refractivity (Wildman–Crippen MR) is 266 cm³/mol. The smallest absolute Gasteiger partial charge is 0.309 e. The molecule has 2 aromatic carbocycles.